The van der Waals surface area contributed by atoms with E-state index in [1.807, 2.05) is 0 Å². The second-order valence-electron chi connectivity index (χ2n) is 4.14. The first kappa shape index (κ1) is 15.2. The second kappa shape index (κ2) is 5.28. The average Bonchev–Trinajstić information content (AvgIpc) is 2.45. The van der Waals surface area contributed by atoms with Gasteiger partial charge in [-0.1, -0.05) is 0 Å². The number of carbonyl (C=O) groups excluding carboxylic acids is 1. The van der Waals surface area contributed by atoms with Crippen molar-refractivity contribution < 1.29 is 37.3 Å². The summed E-state index contributed by atoms with van der Waals surface area (Å²) in [4.78, 5) is 11.5. The Balaban J connectivity index is 2.60. The molecule has 0 saturated heterocycles. The summed E-state index contributed by atoms with van der Waals surface area (Å²) in [6, 6.07) is 3.88. The lowest BCUT2D eigenvalue weighted by Crippen LogP contribution is -2.29. The SMILES string of the molecule is COC(=O)C1=C(C(F)(F)F)Oc2ccc(OC)cc2C1O. The van der Waals surface area contributed by atoms with Crippen LogP contribution in [-0.2, 0) is 9.53 Å². The summed E-state index contributed by atoms with van der Waals surface area (Å²) in [5.74, 6) is -2.80. The number of aliphatic hydroxyl groups is 1. The van der Waals surface area contributed by atoms with Gasteiger partial charge in [0.05, 0.1) is 14.2 Å². The highest BCUT2D eigenvalue weighted by molar-refractivity contribution is 5.91. The van der Waals surface area contributed by atoms with Crippen LogP contribution in [0.1, 0.15) is 11.7 Å². The fourth-order valence-corrected chi connectivity index (χ4v) is 1.93. The molecule has 0 spiro atoms. The minimum atomic E-state index is -4.94. The van der Waals surface area contributed by atoms with E-state index in [1.165, 1.54) is 25.3 Å². The summed E-state index contributed by atoms with van der Waals surface area (Å²) in [6.07, 6.45) is -6.77. The molecule has 1 unspecified atom stereocenters. The van der Waals surface area contributed by atoms with Crippen molar-refractivity contribution in [2.24, 2.45) is 0 Å². The number of hydrogen-bond acceptors (Lipinski definition) is 5. The molecule has 1 heterocycles. The molecule has 1 aromatic carbocycles. The van der Waals surface area contributed by atoms with Crippen LogP contribution >= 0.6 is 0 Å². The van der Waals surface area contributed by atoms with E-state index in [1.54, 1.807) is 0 Å². The highest BCUT2D eigenvalue weighted by Crippen LogP contribution is 2.44. The van der Waals surface area contributed by atoms with Gasteiger partial charge in [0.2, 0.25) is 5.76 Å². The molecule has 1 aliphatic heterocycles. The third-order valence-electron chi connectivity index (χ3n) is 2.90. The Morgan fingerprint density at radius 1 is 1.33 bits per heavy atom. The predicted octanol–water partition coefficient (Wildman–Crippen LogP) is 2.11. The van der Waals surface area contributed by atoms with Crippen molar-refractivity contribution in [2.75, 3.05) is 14.2 Å². The number of carbonyl (C=O) groups is 1. The Morgan fingerprint density at radius 2 is 2.00 bits per heavy atom. The van der Waals surface area contributed by atoms with E-state index < -0.39 is 29.6 Å². The number of esters is 1. The van der Waals surface area contributed by atoms with E-state index in [0.717, 1.165) is 7.11 Å². The molecule has 21 heavy (non-hydrogen) atoms. The van der Waals surface area contributed by atoms with Gasteiger partial charge < -0.3 is 19.3 Å². The van der Waals surface area contributed by atoms with Crippen LogP contribution in [0.3, 0.4) is 0 Å². The smallest absolute Gasteiger partial charge is 0.450 e. The van der Waals surface area contributed by atoms with Crippen LogP contribution in [0.5, 0.6) is 11.5 Å². The third kappa shape index (κ3) is 2.66. The van der Waals surface area contributed by atoms with Crippen molar-refractivity contribution in [3.05, 3.63) is 35.1 Å². The van der Waals surface area contributed by atoms with E-state index in [2.05, 4.69) is 4.74 Å². The number of halogens is 3. The molecule has 0 amide bonds. The summed E-state index contributed by atoms with van der Waals surface area (Å²) in [7, 11) is 2.27. The molecule has 0 bridgehead atoms. The molecular weight excluding hydrogens is 293 g/mol. The molecule has 0 saturated carbocycles. The van der Waals surface area contributed by atoms with Crippen molar-refractivity contribution in [2.45, 2.75) is 12.3 Å². The lowest BCUT2D eigenvalue weighted by atomic mass is 9.96. The minimum Gasteiger partial charge on any atom is -0.497 e. The first-order chi connectivity index (χ1) is 9.79. The lowest BCUT2D eigenvalue weighted by Gasteiger charge is -2.27. The van der Waals surface area contributed by atoms with Gasteiger partial charge in [-0.3, -0.25) is 0 Å². The zero-order valence-electron chi connectivity index (χ0n) is 11.0. The normalized spacial score (nSPS) is 17.9. The molecule has 1 aliphatic rings. The van der Waals surface area contributed by atoms with Gasteiger partial charge in [-0.05, 0) is 18.2 Å². The second-order valence-corrected chi connectivity index (χ2v) is 4.14. The van der Waals surface area contributed by atoms with Gasteiger partial charge in [-0.2, -0.15) is 13.2 Å². The van der Waals surface area contributed by atoms with E-state index in [0.29, 0.717) is 5.75 Å². The summed E-state index contributed by atoms with van der Waals surface area (Å²) >= 11 is 0. The first-order valence-electron chi connectivity index (χ1n) is 5.73. The Morgan fingerprint density at radius 3 is 2.52 bits per heavy atom. The molecule has 1 N–H and O–H groups in total. The Labute approximate surface area is 117 Å². The molecular formula is C13H11F3O5. The van der Waals surface area contributed by atoms with Crippen LogP contribution in [-0.4, -0.2) is 31.5 Å². The van der Waals surface area contributed by atoms with E-state index >= 15 is 0 Å². The number of ether oxygens (including phenoxy) is 3. The van der Waals surface area contributed by atoms with Gasteiger partial charge in [0.15, 0.2) is 0 Å². The topological polar surface area (TPSA) is 65.0 Å². The van der Waals surface area contributed by atoms with Gasteiger partial charge >= 0.3 is 12.1 Å². The largest absolute Gasteiger partial charge is 0.497 e. The fraction of sp³-hybridized carbons (Fsp3) is 0.308. The van der Waals surface area contributed by atoms with Gasteiger partial charge in [-0.15, -0.1) is 0 Å². The Bertz CT molecular complexity index is 606. The van der Waals surface area contributed by atoms with Crippen molar-refractivity contribution >= 4 is 5.97 Å². The standard InChI is InChI=1S/C13H11F3O5/c1-19-6-3-4-8-7(5-6)10(17)9(12(18)20-2)11(21-8)13(14,15)16/h3-5,10,17H,1-2H3. The predicted molar refractivity (Wildman–Crippen MR) is 63.7 cm³/mol. The molecule has 114 valence electrons. The molecule has 1 atom stereocenters. The minimum absolute atomic E-state index is 0.0113. The van der Waals surface area contributed by atoms with Gasteiger partial charge in [0.1, 0.15) is 23.2 Å². The molecule has 0 radical (unpaired) electrons. The van der Waals surface area contributed by atoms with Crippen molar-refractivity contribution in [3.8, 4) is 11.5 Å². The molecule has 0 aromatic heterocycles. The van der Waals surface area contributed by atoms with Crippen LogP contribution in [0.2, 0.25) is 0 Å². The van der Waals surface area contributed by atoms with Crippen LogP contribution in [0.4, 0.5) is 13.2 Å². The molecule has 0 fully saturated rings. The maximum atomic E-state index is 13.0. The van der Waals surface area contributed by atoms with Crippen molar-refractivity contribution in [1.82, 2.24) is 0 Å². The van der Waals surface area contributed by atoms with Crippen LogP contribution in [0.15, 0.2) is 29.5 Å². The lowest BCUT2D eigenvalue weighted by molar-refractivity contribution is -0.142. The summed E-state index contributed by atoms with van der Waals surface area (Å²) in [5.41, 5.74) is -1.01. The van der Waals surface area contributed by atoms with Crippen LogP contribution < -0.4 is 9.47 Å². The van der Waals surface area contributed by atoms with Crippen LogP contribution in [0, 0.1) is 0 Å². The van der Waals surface area contributed by atoms with E-state index in [9.17, 15) is 23.1 Å². The quantitative estimate of drug-likeness (QED) is 0.848. The Hall–Kier alpha value is -2.22. The van der Waals surface area contributed by atoms with E-state index in [-0.39, 0.29) is 11.3 Å². The maximum absolute atomic E-state index is 13.0. The number of rotatable bonds is 2. The van der Waals surface area contributed by atoms with Crippen LogP contribution in [0.25, 0.3) is 0 Å². The Kier molecular flexibility index (Phi) is 3.82. The number of methoxy groups -OCH3 is 2. The molecule has 8 heteroatoms. The third-order valence-corrected chi connectivity index (χ3v) is 2.90. The monoisotopic (exact) mass is 304 g/mol. The molecule has 2 rings (SSSR count). The average molecular weight is 304 g/mol. The van der Waals surface area contributed by atoms with Crippen molar-refractivity contribution in [1.29, 1.82) is 0 Å². The first-order valence-corrected chi connectivity index (χ1v) is 5.73. The fourth-order valence-electron chi connectivity index (χ4n) is 1.93. The van der Waals surface area contributed by atoms with Gasteiger partial charge in [0, 0.05) is 5.56 Å². The number of alkyl halides is 3. The number of hydrogen-bond donors (Lipinski definition) is 1. The molecule has 5 nitrogen and oxygen atoms in total. The highest BCUT2D eigenvalue weighted by Gasteiger charge is 2.47. The number of benzene rings is 1. The van der Waals surface area contributed by atoms with Gasteiger partial charge in [-0.25, -0.2) is 4.79 Å². The zero-order valence-corrected chi connectivity index (χ0v) is 11.0. The highest BCUT2D eigenvalue weighted by atomic mass is 19.4. The molecule has 0 aliphatic carbocycles. The van der Waals surface area contributed by atoms with Gasteiger partial charge in [0.25, 0.3) is 0 Å². The van der Waals surface area contributed by atoms with Crippen molar-refractivity contribution in [3.63, 3.8) is 0 Å². The van der Waals surface area contributed by atoms with E-state index in [4.69, 9.17) is 9.47 Å². The summed E-state index contributed by atoms with van der Waals surface area (Å²) < 4.78 is 52.9. The summed E-state index contributed by atoms with van der Waals surface area (Å²) in [6.45, 7) is 0. The maximum Gasteiger partial charge on any atom is 0.450 e. The summed E-state index contributed by atoms with van der Waals surface area (Å²) in [5, 5.41) is 10.1. The number of fused-ring (bicyclic) bond motifs is 1. The molecule has 1 aromatic rings. The number of allylic oxidation sites excluding steroid dienone is 1. The zero-order chi connectivity index (χ0) is 15.8. The number of aliphatic hydroxyl groups excluding tert-OH is 1.